The number of hydrogen-bond donors (Lipinski definition) is 0. The number of unbranched alkanes of at least 4 members (excludes halogenated alkanes) is 17. The van der Waals surface area contributed by atoms with E-state index >= 15 is 0 Å². The molecule has 41 heavy (non-hydrogen) atoms. The molecule has 19 heteroatoms. The Morgan fingerprint density at radius 2 is 0.707 bits per heavy atom. The van der Waals surface area contributed by atoms with Gasteiger partial charge in [-0.25, -0.2) is 0 Å². The summed E-state index contributed by atoms with van der Waals surface area (Å²) in [6.07, 6.45) is 25.6. The van der Waals surface area contributed by atoms with Crippen molar-refractivity contribution in [2.75, 3.05) is 0 Å². The predicted molar refractivity (Wildman–Crippen MR) is 199 cm³/mol. The normalized spacial score (nSPS) is 14.4. The lowest BCUT2D eigenvalue weighted by Gasteiger charge is -2.23. The lowest BCUT2D eigenvalue weighted by Crippen LogP contribution is -2.33. The predicted octanol–water partition coefficient (Wildman–Crippen LogP) is -0.347. The van der Waals surface area contributed by atoms with Gasteiger partial charge >= 0.3 is 0 Å². The van der Waals surface area contributed by atoms with Gasteiger partial charge in [0.25, 0.3) is 80.1 Å². The van der Waals surface area contributed by atoms with Crippen LogP contribution in [0.1, 0.15) is 122 Å². The standard InChI is InChI=1S/C22H66O9Si10/c1-4-5-6-7-8-9-10-11-12-13-14-15-16-17-18-19-20-21-22-41(2,3)31-40-30-39-29-38-28-37-27-36-26-35-25-34-24-33-23-32/h4-22,33-40H2,1-3,32H3. The minimum Gasteiger partial charge on any atom is -0.449 e. The van der Waals surface area contributed by atoms with Crippen LogP contribution in [0.25, 0.3) is 0 Å². The Labute approximate surface area is 276 Å². The van der Waals surface area contributed by atoms with Gasteiger partial charge in [0, 0.05) is 0 Å². The Morgan fingerprint density at radius 1 is 0.415 bits per heavy atom. The Hall–Kier alpha value is 1.81. The molecule has 0 bridgehead atoms. The molecule has 0 aliphatic rings. The Kier molecular flexibility index (Phi) is 37.9. The minimum atomic E-state index is -1.58. The summed E-state index contributed by atoms with van der Waals surface area (Å²) < 4.78 is 50.0. The molecule has 0 saturated heterocycles. The van der Waals surface area contributed by atoms with Crippen LogP contribution in [0.3, 0.4) is 0 Å². The molecule has 0 radical (unpaired) electrons. The molecule has 0 aliphatic heterocycles. The lowest BCUT2D eigenvalue weighted by atomic mass is 10.0. The van der Waals surface area contributed by atoms with E-state index in [9.17, 15) is 0 Å². The van der Waals surface area contributed by atoms with E-state index in [-0.39, 0.29) is 0 Å². The molecule has 0 rings (SSSR count). The molecular weight excluding hydrogens is 689 g/mol. The van der Waals surface area contributed by atoms with E-state index in [0.717, 1.165) is 10.5 Å². The van der Waals surface area contributed by atoms with Gasteiger partial charge in [-0.1, -0.05) is 122 Å². The van der Waals surface area contributed by atoms with Crippen molar-refractivity contribution in [3.63, 3.8) is 0 Å². The molecule has 0 aromatic carbocycles. The summed E-state index contributed by atoms with van der Waals surface area (Å²) in [5, 5.41) is 0. The summed E-state index contributed by atoms with van der Waals surface area (Å²) in [5.74, 6) is 0. The maximum Gasteiger partial charge on any atom is 0.286 e. The highest BCUT2D eigenvalue weighted by Crippen LogP contribution is 2.18. The highest BCUT2D eigenvalue weighted by Gasteiger charge is 2.21. The SMILES string of the molecule is CCCCCCCCCCCCCCCCCCCC[Si](C)(C)O[SiH2]O[SiH2]O[SiH2]O[SiH2]O[SiH2]O[SiH2]O[SiH2]O[SiH2]O[SiH3]. The summed E-state index contributed by atoms with van der Waals surface area (Å²) in [5.41, 5.74) is 0. The highest BCUT2D eigenvalue weighted by atomic mass is 28.4. The van der Waals surface area contributed by atoms with Gasteiger partial charge < -0.3 is 37.0 Å². The van der Waals surface area contributed by atoms with Crippen molar-refractivity contribution in [2.45, 2.75) is 142 Å². The third-order valence-corrected chi connectivity index (χ3v) is 22.3. The molecule has 0 saturated carbocycles. The van der Waals surface area contributed by atoms with Crippen molar-refractivity contribution in [3.05, 3.63) is 0 Å². The molecule has 0 heterocycles. The largest absolute Gasteiger partial charge is 0.449 e. The van der Waals surface area contributed by atoms with E-state index in [4.69, 9.17) is 37.0 Å². The number of hydrogen-bond acceptors (Lipinski definition) is 9. The van der Waals surface area contributed by atoms with Crippen molar-refractivity contribution < 1.29 is 37.0 Å². The lowest BCUT2D eigenvalue weighted by molar-refractivity contribution is 0.363. The summed E-state index contributed by atoms with van der Waals surface area (Å²) in [6, 6.07) is 1.25. The monoisotopic (exact) mass is 754 g/mol. The quantitative estimate of drug-likeness (QED) is 0.0631. The second-order valence-electron chi connectivity index (χ2n) is 11.3. The smallest absolute Gasteiger partial charge is 0.286 e. The average molecular weight is 756 g/mol. The van der Waals surface area contributed by atoms with Gasteiger partial charge in [-0.3, -0.25) is 0 Å². The molecule has 9 nitrogen and oxygen atoms in total. The average Bonchev–Trinajstić information content (AvgIpc) is 2.96. The van der Waals surface area contributed by atoms with E-state index in [2.05, 4.69) is 20.0 Å². The molecule has 0 unspecified atom stereocenters. The fraction of sp³-hybridized carbons (Fsp3) is 1.00. The zero-order valence-electron chi connectivity index (χ0n) is 27.3. The van der Waals surface area contributed by atoms with E-state index in [1.807, 2.05) is 0 Å². The van der Waals surface area contributed by atoms with Crippen LogP contribution < -0.4 is 0 Å². The van der Waals surface area contributed by atoms with Crippen molar-refractivity contribution in [1.82, 2.24) is 0 Å². The first-order valence-electron chi connectivity index (χ1n) is 16.3. The summed E-state index contributed by atoms with van der Waals surface area (Å²) in [6.45, 7) is 6.96. The number of rotatable bonds is 36. The Morgan fingerprint density at radius 3 is 1.05 bits per heavy atom. The van der Waals surface area contributed by atoms with Crippen LogP contribution in [-0.4, -0.2) is 98.9 Å². The first kappa shape index (κ1) is 42.8. The van der Waals surface area contributed by atoms with Crippen LogP contribution >= 0.6 is 0 Å². The zero-order valence-corrected chi connectivity index (χ0v) is 41.6. The fourth-order valence-electron chi connectivity index (χ4n) is 4.40. The molecule has 0 N–H and O–H groups in total. The Balaban J connectivity index is 3.26. The van der Waals surface area contributed by atoms with Gasteiger partial charge in [0.15, 0.2) is 8.32 Å². The van der Waals surface area contributed by atoms with Crippen LogP contribution in [0.15, 0.2) is 0 Å². The second kappa shape index (κ2) is 36.3. The van der Waals surface area contributed by atoms with Gasteiger partial charge in [-0.15, -0.1) is 0 Å². The molecular formula is C22H66O9Si10. The van der Waals surface area contributed by atoms with Gasteiger partial charge in [0.05, 0.1) is 0 Å². The minimum absolute atomic E-state index is 0.749. The first-order chi connectivity index (χ1) is 20.1. The fourth-order valence-corrected chi connectivity index (χ4v) is 21.7. The zero-order chi connectivity index (χ0) is 30.0. The molecule has 0 aromatic rings. The van der Waals surface area contributed by atoms with Crippen molar-refractivity contribution in [3.8, 4) is 0 Å². The molecule has 0 aliphatic carbocycles. The third kappa shape index (κ3) is 37.9. The molecule has 248 valence electrons. The van der Waals surface area contributed by atoms with Crippen molar-refractivity contribution in [2.24, 2.45) is 0 Å². The molecule has 0 spiro atoms. The third-order valence-electron chi connectivity index (χ3n) is 6.87. The second-order valence-corrected chi connectivity index (χ2v) is 32.1. The van der Waals surface area contributed by atoms with Crippen LogP contribution in [0.5, 0.6) is 0 Å². The van der Waals surface area contributed by atoms with Crippen molar-refractivity contribution in [1.29, 1.82) is 0 Å². The van der Waals surface area contributed by atoms with Crippen LogP contribution in [0, 0.1) is 0 Å². The topological polar surface area (TPSA) is 83.1 Å². The molecule has 0 aromatic heterocycles. The van der Waals surface area contributed by atoms with Crippen molar-refractivity contribution >= 4 is 98.9 Å². The maximum absolute atomic E-state index is 6.22. The summed E-state index contributed by atoms with van der Waals surface area (Å²) >= 11 is 0. The maximum atomic E-state index is 6.22. The summed E-state index contributed by atoms with van der Waals surface area (Å²) in [7, 11) is -8.10. The van der Waals surface area contributed by atoms with Gasteiger partial charge in [0.1, 0.15) is 10.5 Å². The highest BCUT2D eigenvalue weighted by molar-refractivity contribution is 6.74. The Bertz CT molecular complexity index is 509. The van der Waals surface area contributed by atoms with E-state index in [0.29, 0.717) is 0 Å². The van der Waals surface area contributed by atoms with E-state index < -0.39 is 88.4 Å². The molecule has 0 fully saturated rings. The molecule has 0 atom stereocenters. The van der Waals surface area contributed by atoms with E-state index in [1.165, 1.54) is 122 Å². The first-order valence-corrected chi connectivity index (χ1v) is 29.5. The summed E-state index contributed by atoms with van der Waals surface area (Å²) in [4.78, 5) is 0. The van der Waals surface area contributed by atoms with E-state index in [1.54, 1.807) is 0 Å². The van der Waals surface area contributed by atoms with Gasteiger partial charge in [0.2, 0.25) is 0 Å². The molecule has 0 amide bonds. The van der Waals surface area contributed by atoms with Crippen LogP contribution in [0.2, 0.25) is 19.1 Å². The van der Waals surface area contributed by atoms with Gasteiger partial charge in [-0.2, -0.15) is 0 Å². The van der Waals surface area contributed by atoms with Crippen LogP contribution in [-0.2, 0) is 37.0 Å². The van der Waals surface area contributed by atoms with Crippen LogP contribution in [0.4, 0.5) is 0 Å². The van der Waals surface area contributed by atoms with Gasteiger partial charge in [-0.05, 0) is 19.1 Å².